The van der Waals surface area contributed by atoms with E-state index in [0.717, 1.165) is 5.56 Å². The molecule has 12 heavy (non-hydrogen) atoms. The van der Waals surface area contributed by atoms with E-state index in [-0.39, 0.29) is 0 Å². The fourth-order valence-electron chi connectivity index (χ4n) is 1.25. The summed E-state index contributed by atoms with van der Waals surface area (Å²) in [4.78, 5) is 0. The zero-order valence-electron chi connectivity index (χ0n) is 6.79. The predicted octanol–water partition coefficient (Wildman–Crippen LogP) is 3.19. The van der Waals surface area contributed by atoms with Crippen LogP contribution in [-0.4, -0.2) is 0 Å². The number of rotatable bonds is 0. The van der Waals surface area contributed by atoms with Gasteiger partial charge in [0.15, 0.2) is 0 Å². The molecular weight excluding hydrogens is 164 g/mol. The first kappa shape index (κ1) is 7.39. The average Bonchev–Trinajstić information content (AvgIpc) is 2.47. The Balaban J connectivity index is 2.82. The van der Waals surface area contributed by atoms with Gasteiger partial charge < -0.3 is 0 Å². The van der Waals surface area contributed by atoms with Crippen LogP contribution in [0.4, 0.5) is 0 Å². The third-order valence-electron chi connectivity index (χ3n) is 1.93. The molecule has 0 spiro atoms. The van der Waals surface area contributed by atoms with Gasteiger partial charge in [-0.1, -0.05) is 5.92 Å². The van der Waals surface area contributed by atoms with Gasteiger partial charge in [-0.2, -0.15) is 0 Å². The lowest BCUT2D eigenvalue weighted by molar-refractivity contribution is 1.59. The topological polar surface area (TPSA) is 0 Å². The van der Waals surface area contributed by atoms with Crippen molar-refractivity contribution < 1.29 is 0 Å². The Morgan fingerprint density at radius 3 is 3.00 bits per heavy atom. The van der Waals surface area contributed by atoms with Gasteiger partial charge in [0.2, 0.25) is 0 Å². The van der Waals surface area contributed by atoms with Crippen LogP contribution < -0.4 is 0 Å². The smallest absolute Gasteiger partial charge is 0.0346 e. The summed E-state index contributed by atoms with van der Waals surface area (Å²) >= 11 is 1.76. The molecule has 0 aliphatic carbocycles. The van der Waals surface area contributed by atoms with Gasteiger partial charge in [0, 0.05) is 10.3 Å². The Morgan fingerprint density at radius 1 is 1.42 bits per heavy atom. The second-order valence-corrected chi connectivity index (χ2v) is 3.69. The predicted molar refractivity (Wildman–Crippen MR) is 54.5 cm³/mol. The summed E-state index contributed by atoms with van der Waals surface area (Å²) in [5, 5.41) is 3.45. The van der Waals surface area contributed by atoms with Crippen molar-refractivity contribution in [2.75, 3.05) is 0 Å². The third kappa shape index (κ3) is 1.01. The first-order valence-corrected chi connectivity index (χ1v) is 4.63. The van der Waals surface area contributed by atoms with Gasteiger partial charge in [0.05, 0.1) is 0 Å². The van der Waals surface area contributed by atoms with E-state index in [2.05, 4.69) is 30.4 Å². The minimum absolute atomic E-state index is 0.962. The second kappa shape index (κ2) is 2.66. The molecule has 2 aromatic rings. The summed E-state index contributed by atoms with van der Waals surface area (Å²) < 4.78 is 1.31. The molecule has 0 radical (unpaired) electrons. The van der Waals surface area contributed by atoms with Crippen LogP contribution in [-0.2, 0) is 0 Å². The summed E-state index contributed by atoms with van der Waals surface area (Å²) in [5.41, 5.74) is 2.27. The van der Waals surface area contributed by atoms with E-state index in [0.29, 0.717) is 0 Å². The van der Waals surface area contributed by atoms with Crippen LogP contribution in [0.5, 0.6) is 0 Å². The SMILES string of the molecule is C#Cc1ccc2scc(C)c2c1. The minimum atomic E-state index is 0.962. The summed E-state index contributed by atoms with van der Waals surface area (Å²) in [5.74, 6) is 2.64. The van der Waals surface area contributed by atoms with Crippen molar-refractivity contribution in [1.82, 2.24) is 0 Å². The van der Waals surface area contributed by atoms with Crippen molar-refractivity contribution in [1.29, 1.82) is 0 Å². The van der Waals surface area contributed by atoms with Crippen molar-refractivity contribution in [3.8, 4) is 12.3 Å². The van der Waals surface area contributed by atoms with E-state index in [1.165, 1.54) is 15.6 Å². The van der Waals surface area contributed by atoms with E-state index < -0.39 is 0 Å². The molecule has 0 saturated heterocycles. The van der Waals surface area contributed by atoms with Crippen LogP contribution in [0.2, 0.25) is 0 Å². The largest absolute Gasteiger partial charge is 0.144 e. The highest BCUT2D eigenvalue weighted by Crippen LogP contribution is 2.25. The Bertz CT molecular complexity index is 457. The fraction of sp³-hybridized carbons (Fsp3) is 0.0909. The fourth-order valence-corrected chi connectivity index (χ4v) is 2.17. The maximum Gasteiger partial charge on any atom is 0.0346 e. The van der Waals surface area contributed by atoms with E-state index in [9.17, 15) is 0 Å². The van der Waals surface area contributed by atoms with Crippen molar-refractivity contribution >= 4 is 21.4 Å². The van der Waals surface area contributed by atoms with Gasteiger partial charge in [-0.3, -0.25) is 0 Å². The first-order valence-electron chi connectivity index (χ1n) is 3.76. The highest BCUT2D eigenvalue weighted by atomic mass is 32.1. The van der Waals surface area contributed by atoms with Gasteiger partial charge >= 0.3 is 0 Å². The molecule has 0 unspecified atom stereocenters. The van der Waals surface area contributed by atoms with Crippen LogP contribution in [0.15, 0.2) is 23.6 Å². The minimum Gasteiger partial charge on any atom is -0.144 e. The number of benzene rings is 1. The van der Waals surface area contributed by atoms with Crippen LogP contribution in [0.1, 0.15) is 11.1 Å². The summed E-state index contributed by atoms with van der Waals surface area (Å²) in [6.45, 7) is 2.11. The van der Waals surface area contributed by atoms with Crippen LogP contribution in [0.25, 0.3) is 10.1 Å². The molecule has 0 bridgehead atoms. The number of thiophene rings is 1. The normalized spacial score (nSPS) is 10.0. The van der Waals surface area contributed by atoms with Crippen LogP contribution >= 0.6 is 11.3 Å². The monoisotopic (exact) mass is 172 g/mol. The van der Waals surface area contributed by atoms with E-state index in [1.807, 2.05) is 6.07 Å². The van der Waals surface area contributed by atoms with E-state index in [1.54, 1.807) is 11.3 Å². The zero-order valence-corrected chi connectivity index (χ0v) is 7.61. The molecule has 0 nitrogen and oxygen atoms in total. The van der Waals surface area contributed by atoms with Crippen LogP contribution in [0.3, 0.4) is 0 Å². The number of hydrogen-bond acceptors (Lipinski definition) is 1. The van der Waals surface area contributed by atoms with Gasteiger partial charge in [-0.05, 0) is 41.5 Å². The van der Waals surface area contributed by atoms with Crippen LogP contribution in [0, 0.1) is 19.3 Å². The summed E-state index contributed by atoms with van der Waals surface area (Å²) in [7, 11) is 0. The molecule has 2 rings (SSSR count). The molecule has 1 aromatic heterocycles. The summed E-state index contributed by atoms with van der Waals surface area (Å²) in [6, 6.07) is 6.14. The molecular formula is C11H8S. The number of aryl methyl sites for hydroxylation is 1. The van der Waals surface area contributed by atoms with Crippen molar-refractivity contribution in [2.24, 2.45) is 0 Å². The Hall–Kier alpha value is -1.26. The lowest BCUT2D eigenvalue weighted by Gasteiger charge is -1.92. The molecule has 58 valence electrons. The van der Waals surface area contributed by atoms with Gasteiger partial charge in [0.25, 0.3) is 0 Å². The van der Waals surface area contributed by atoms with Crippen molar-refractivity contribution in [2.45, 2.75) is 6.92 Å². The number of fused-ring (bicyclic) bond motifs is 1. The molecule has 0 saturated carbocycles. The quantitative estimate of drug-likeness (QED) is 0.535. The molecule has 1 heterocycles. The van der Waals surface area contributed by atoms with Crippen molar-refractivity contribution in [3.63, 3.8) is 0 Å². The maximum absolute atomic E-state index is 5.31. The lowest BCUT2D eigenvalue weighted by Crippen LogP contribution is -1.72. The van der Waals surface area contributed by atoms with Gasteiger partial charge in [-0.25, -0.2) is 0 Å². The Labute approximate surface area is 75.8 Å². The van der Waals surface area contributed by atoms with E-state index in [4.69, 9.17) is 6.42 Å². The first-order chi connectivity index (χ1) is 5.81. The van der Waals surface area contributed by atoms with Crippen molar-refractivity contribution in [3.05, 3.63) is 34.7 Å². The van der Waals surface area contributed by atoms with Gasteiger partial charge in [-0.15, -0.1) is 17.8 Å². The molecule has 1 aromatic carbocycles. The molecule has 0 aliphatic heterocycles. The second-order valence-electron chi connectivity index (χ2n) is 2.77. The maximum atomic E-state index is 5.31. The highest BCUT2D eigenvalue weighted by Gasteiger charge is 1.99. The third-order valence-corrected chi connectivity index (χ3v) is 3.02. The highest BCUT2D eigenvalue weighted by molar-refractivity contribution is 7.17. The molecule has 0 atom stereocenters. The van der Waals surface area contributed by atoms with Gasteiger partial charge in [0.1, 0.15) is 0 Å². The lowest BCUT2D eigenvalue weighted by atomic mass is 10.1. The molecule has 0 fully saturated rings. The Kier molecular flexibility index (Phi) is 1.64. The Morgan fingerprint density at radius 2 is 2.25 bits per heavy atom. The molecule has 0 amide bonds. The summed E-state index contributed by atoms with van der Waals surface area (Å²) in [6.07, 6.45) is 5.31. The number of terminal acetylenes is 1. The average molecular weight is 172 g/mol. The van der Waals surface area contributed by atoms with E-state index >= 15 is 0 Å². The molecule has 0 N–H and O–H groups in total. The standard InChI is InChI=1S/C11H8S/c1-3-9-4-5-11-10(6-9)8(2)7-12-11/h1,4-7H,2H3. The zero-order chi connectivity index (χ0) is 8.55. The molecule has 1 heteroatoms. The molecule has 0 aliphatic rings. The number of hydrogen-bond donors (Lipinski definition) is 0.